The van der Waals surface area contributed by atoms with Crippen LogP contribution in [0.2, 0.25) is 0 Å². The second-order valence-electron chi connectivity index (χ2n) is 5.99. The van der Waals surface area contributed by atoms with E-state index >= 15 is 0 Å². The van der Waals surface area contributed by atoms with Crippen LogP contribution >= 0.6 is 0 Å². The Labute approximate surface area is 118 Å². The summed E-state index contributed by atoms with van der Waals surface area (Å²) in [6.07, 6.45) is 0.462. The number of carbonyl (C=O) groups is 1. The summed E-state index contributed by atoms with van der Waals surface area (Å²) in [6.45, 7) is 8.09. The first-order chi connectivity index (χ1) is 9.29. The summed E-state index contributed by atoms with van der Waals surface area (Å²) in [7, 11) is 0. The van der Waals surface area contributed by atoms with Crippen molar-refractivity contribution < 1.29 is 14.4 Å². The minimum Gasteiger partial charge on any atom is -0.477 e. The predicted molar refractivity (Wildman–Crippen MR) is 76.1 cm³/mol. The fourth-order valence-electron chi connectivity index (χ4n) is 2.13. The zero-order valence-electron chi connectivity index (χ0n) is 12.2. The van der Waals surface area contributed by atoms with Crippen LogP contribution < -0.4 is 0 Å². The maximum Gasteiger partial charge on any atom is 0.341 e. The molecule has 4 nitrogen and oxygen atoms in total. The normalized spacial score (nSPS) is 11.6. The standard InChI is InChI=1S/C16H19NO3/c1-10-14(15(18)19)13(17-20-10)9-11-5-7-12(8-6-11)16(2,3)4/h5-8H,9H2,1-4H3,(H,18,19). The summed E-state index contributed by atoms with van der Waals surface area (Å²) >= 11 is 0. The molecule has 0 spiro atoms. The van der Waals surface area contributed by atoms with Crippen molar-refractivity contribution in [3.8, 4) is 0 Å². The van der Waals surface area contributed by atoms with Gasteiger partial charge >= 0.3 is 5.97 Å². The van der Waals surface area contributed by atoms with Crippen LogP contribution in [-0.2, 0) is 11.8 Å². The van der Waals surface area contributed by atoms with Gasteiger partial charge in [0.2, 0.25) is 0 Å². The van der Waals surface area contributed by atoms with E-state index in [0.29, 0.717) is 17.9 Å². The maximum absolute atomic E-state index is 11.2. The average Bonchev–Trinajstić information content (AvgIpc) is 2.70. The summed E-state index contributed by atoms with van der Waals surface area (Å²) in [5, 5.41) is 13.0. The highest BCUT2D eigenvalue weighted by Gasteiger charge is 2.20. The Kier molecular flexibility index (Phi) is 3.66. The SMILES string of the molecule is Cc1onc(Cc2ccc(C(C)(C)C)cc2)c1C(=O)O. The van der Waals surface area contributed by atoms with Gasteiger partial charge in [0.25, 0.3) is 0 Å². The van der Waals surface area contributed by atoms with Crippen LogP contribution in [0.3, 0.4) is 0 Å². The van der Waals surface area contributed by atoms with E-state index in [9.17, 15) is 4.79 Å². The van der Waals surface area contributed by atoms with Gasteiger partial charge in [-0.25, -0.2) is 4.79 Å². The van der Waals surface area contributed by atoms with E-state index in [-0.39, 0.29) is 11.0 Å². The van der Waals surface area contributed by atoms with Crippen LogP contribution in [0.1, 0.15) is 53.7 Å². The van der Waals surface area contributed by atoms with E-state index in [0.717, 1.165) is 5.56 Å². The van der Waals surface area contributed by atoms with Gasteiger partial charge in [-0.15, -0.1) is 0 Å². The number of aromatic nitrogens is 1. The summed E-state index contributed by atoms with van der Waals surface area (Å²) < 4.78 is 4.98. The number of hydrogen-bond donors (Lipinski definition) is 1. The number of aromatic carboxylic acids is 1. The molecule has 0 fully saturated rings. The van der Waals surface area contributed by atoms with Crippen LogP contribution in [-0.4, -0.2) is 16.2 Å². The highest BCUT2D eigenvalue weighted by atomic mass is 16.5. The van der Waals surface area contributed by atoms with E-state index in [1.54, 1.807) is 6.92 Å². The van der Waals surface area contributed by atoms with Gasteiger partial charge in [0.15, 0.2) is 0 Å². The number of carboxylic acid groups (broad SMARTS) is 1. The monoisotopic (exact) mass is 273 g/mol. The minimum atomic E-state index is -0.995. The van der Waals surface area contributed by atoms with Crippen LogP contribution in [0.15, 0.2) is 28.8 Å². The zero-order chi connectivity index (χ0) is 14.9. The van der Waals surface area contributed by atoms with Crippen LogP contribution in [0, 0.1) is 6.92 Å². The van der Waals surface area contributed by atoms with E-state index in [1.165, 1.54) is 5.56 Å². The van der Waals surface area contributed by atoms with Gasteiger partial charge in [-0.3, -0.25) is 0 Å². The second-order valence-corrected chi connectivity index (χ2v) is 5.99. The highest BCUT2D eigenvalue weighted by molar-refractivity contribution is 5.89. The molecule has 0 radical (unpaired) electrons. The molecular formula is C16H19NO3. The lowest BCUT2D eigenvalue weighted by molar-refractivity contribution is 0.0694. The number of nitrogens with zero attached hydrogens (tertiary/aromatic N) is 1. The second kappa shape index (κ2) is 5.12. The van der Waals surface area contributed by atoms with Crippen molar-refractivity contribution in [3.63, 3.8) is 0 Å². The van der Waals surface area contributed by atoms with E-state index in [1.807, 2.05) is 12.1 Å². The third-order valence-corrected chi connectivity index (χ3v) is 3.34. The van der Waals surface area contributed by atoms with Gasteiger partial charge < -0.3 is 9.63 Å². The van der Waals surface area contributed by atoms with Crippen molar-refractivity contribution in [2.45, 2.75) is 39.5 Å². The third-order valence-electron chi connectivity index (χ3n) is 3.34. The minimum absolute atomic E-state index is 0.106. The first kappa shape index (κ1) is 14.3. The molecule has 1 aromatic carbocycles. The van der Waals surface area contributed by atoms with Crippen molar-refractivity contribution in [2.75, 3.05) is 0 Å². The molecule has 2 rings (SSSR count). The Morgan fingerprint density at radius 1 is 1.25 bits per heavy atom. The third kappa shape index (κ3) is 2.90. The van der Waals surface area contributed by atoms with Gasteiger partial charge in [-0.1, -0.05) is 50.2 Å². The van der Waals surface area contributed by atoms with E-state index < -0.39 is 5.97 Å². The molecule has 0 bridgehead atoms. The summed E-state index contributed by atoms with van der Waals surface area (Å²) in [5.41, 5.74) is 3.02. The van der Waals surface area contributed by atoms with Crippen LogP contribution in [0.25, 0.3) is 0 Å². The first-order valence-corrected chi connectivity index (χ1v) is 6.57. The smallest absolute Gasteiger partial charge is 0.341 e. The van der Waals surface area contributed by atoms with Gasteiger partial charge in [0.05, 0.1) is 0 Å². The molecule has 0 aliphatic carbocycles. The lowest BCUT2D eigenvalue weighted by Gasteiger charge is -2.19. The molecule has 0 saturated carbocycles. The molecule has 106 valence electrons. The van der Waals surface area contributed by atoms with Crippen LogP contribution in [0.5, 0.6) is 0 Å². The molecular weight excluding hydrogens is 254 g/mol. The molecule has 1 N–H and O–H groups in total. The Morgan fingerprint density at radius 3 is 2.35 bits per heavy atom. The highest BCUT2D eigenvalue weighted by Crippen LogP contribution is 2.23. The molecule has 0 saturated heterocycles. The molecule has 2 aromatic rings. The summed E-state index contributed by atoms with van der Waals surface area (Å²) in [6, 6.07) is 8.16. The fraction of sp³-hybridized carbons (Fsp3) is 0.375. The van der Waals surface area contributed by atoms with Gasteiger partial charge in [0, 0.05) is 6.42 Å². The molecule has 0 unspecified atom stereocenters. The number of hydrogen-bond acceptors (Lipinski definition) is 3. The van der Waals surface area contributed by atoms with Crippen molar-refractivity contribution in [1.29, 1.82) is 0 Å². The molecule has 1 aromatic heterocycles. The number of carboxylic acids is 1. The zero-order valence-corrected chi connectivity index (χ0v) is 12.2. The topological polar surface area (TPSA) is 63.3 Å². The fourth-order valence-corrected chi connectivity index (χ4v) is 2.13. The molecule has 0 amide bonds. The van der Waals surface area contributed by atoms with Crippen molar-refractivity contribution in [2.24, 2.45) is 0 Å². The molecule has 20 heavy (non-hydrogen) atoms. The molecule has 4 heteroatoms. The predicted octanol–water partition coefficient (Wildman–Crippen LogP) is 3.57. The van der Waals surface area contributed by atoms with Crippen LogP contribution in [0.4, 0.5) is 0 Å². The Bertz CT molecular complexity index is 618. The molecule has 0 atom stereocenters. The van der Waals surface area contributed by atoms with Gasteiger partial charge in [0.1, 0.15) is 17.0 Å². The largest absolute Gasteiger partial charge is 0.477 e. The maximum atomic E-state index is 11.2. The quantitative estimate of drug-likeness (QED) is 0.928. The number of rotatable bonds is 3. The number of aryl methyl sites for hydroxylation is 1. The van der Waals surface area contributed by atoms with Gasteiger partial charge in [-0.05, 0) is 23.5 Å². The van der Waals surface area contributed by atoms with Crippen molar-refractivity contribution >= 4 is 5.97 Å². The molecule has 0 aliphatic rings. The lowest BCUT2D eigenvalue weighted by Crippen LogP contribution is -2.10. The Balaban J connectivity index is 2.25. The lowest BCUT2D eigenvalue weighted by atomic mass is 9.86. The summed E-state index contributed by atoms with van der Waals surface area (Å²) in [4.78, 5) is 11.2. The Hall–Kier alpha value is -2.10. The molecule has 0 aliphatic heterocycles. The summed E-state index contributed by atoms with van der Waals surface area (Å²) in [5.74, 6) is -0.649. The van der Waals surface area contributed by atoms with Crippen molar-refractivity contribution in [3.05, 3.63) is 52.4 Å². The average molecular weight is 273 g/mol. The number of benzene rings is 1. The van der Waals surface area contributed by atoms with E-state index in [2.05, 4.69) is 38.1 Å². The van der Waals surface area contributed by atoms with E-state index in [4.69, 9.17) is 9.63 Å². The van der Waals surface area contributed by atoms with Crippen molar-refractivity contribution in [1.82, 2.24) is 5.16 Å². The Morgan fingerprint density at radius 2 is 1.85 bits per heavy atom. The molecule has 1 heterocycles. The first-order valence-electron chi connectivity index (χ1n) is 6.57. The van der Waals surface area contributed by atoms with Gasteiger partial charge in [-0.2, -0.15) is 0 Å².